The van der Waals surface area contributed by atoms with E-state index in [-0.39, 0.29) is 19.0 Å². The number of esters is 1. The van der Waals surface area contributed by atoms with Gasteiger partial charge in [0, 0.05) is 12.2 Å². The lowest BCUT2D eigenvalue weighted by atomic mass is 10.1. The molecular weight excluding hydrogens is 280 g/mol. The summed E-state index contributed by atoms with van der Waals surface area (Å²) in [5.41, 5.74) is 6.62. The first-order chi connectivity index (χ1) is 9.08. The van der Waals surface area contributed by atoms with E-state index in [1.807, 2.05) is 0 Å². The molecule has 0 aliphatic heterocycles. The van der Waals surface area contributed by atoms with Crippen LogP contribution in [0.3, 0.4) is 0 Å². The second-order valence-electron chi connectivity index (χ2n) is 4.26. The van der Waals surface area contributed by atoms with Crippen LogP contribution in [-0.2, 0) is 9.53 Å². The number of benzene rings is 1. The van der Waals surface area contributed by atoms with Gasteiger partial charge in [0.1, 0.15) is 6.61 Å². The number of nitrogen functional groups attached to an aromatic ring is 1. The third kappa shape index (κ3) is 5.77. The van der Waals surface area contributed by atoms with E-state index in [9.17, 15) is 9.90 Å². The van der Waals surface area contributed by atoms with Crippen LogP contribution in [0.5, 0.6) is 0 Å². The monoisotopic (exact) mass is 302 g/mol. The van der Waals surface area contributed by atoms with E-state index >= 15 is 0 Å². The molecule has 0 heterocycles. The summed E-state index contributed by atoms with van der Waals surface area (Å²) in [7, 11) is 0. The zero-order valence-electron chi connectivity index (χ0n) is 11.9. The maximum atomic E-state index is 11.7. The quantitative estimate of drug-likeness (QED) is 0.591. The number of anilines is 1. The lowest BCUT2D eigenvalue weighted by Crippen LogP contribution is -2.28. The third-order valence-corrected chi connectivity index (χ3v) is 3.02. The van der Waals surface area contributed by atoms with E-state index in [1.165, 1.54) is 0 Å². The third-order valence-electron chi connectivity index (χ3n) is 3.02. The van der Waals surface area contributed by atoms with Crippen LogP contribution in [0, 0.1) is 0 Å². The highest BCUT2D eigenvalue weighted by atomic mass is 35.5. The second-order valence-corrected chi connectivity index (χ2v) is 4.26. The van der Waals surface area contributed by atoms with Crippen molar-refractivity contribution < 1.29 is 14.6 Å². The number of hydrogen-bond acceptors (Lipinski definition) is 5. The minimum absolute atomic E-state index is 0. The van der Waals surface area contributed by atoms with Gasteiger partial charge >= 0.3 is 5.97 Å². The molecule has 6 heteroatoms. The van der Waals surface area contributed by atoms with Crippen molar-refractivity contribution in [1.82, 2.24) is 4.90 Å². The van der Waals surface area contributed by atoms with E-state index in [2.05, 4.69) is 18.7 Å². The van der Waals surface area contributed by atoms with Gasteiger partial charge in [0.2, 0.25) is 0 Å². The standard InChI is InChI=1S/C14H22N2O3.ClH/c1-3-16(4-2)9-10-19-14(18)13(17)11-5-7-12(15)8-6-11;/h5-8,13,17H,3-4,9-10,15H2,1-2H3;1H. The number of aliphatic hydroxyl groups is 1. The normalized spacial score (nSPS) is 11.8. The molecule has 1 aromatic rings. The van der Waals surface area contributed by atoms with Crippen molar-refractivity contribution in [2.24, 2.45) is 0 Å². The molecule has 0 amide bonds. The molecule has 0 aliphatic rings. The highest BCUT2D eigenvalue weighted by molar-refractivity contribution is 5.85. The Morgan fingerprint density at radius 1 is 1.30 bits per heavy atom. The number of ether oxygens (including phenoxy) is 1. The number of carbonyl (C=O) groups is 1. The van der Waals surface area contributed by atoms with Crippen LogP contribution in [0.1, 0.15) is 25.5 Å². The Kier molecular flexibility index (Phi) is 8.96. The first kappa shape index (κ1) is 18.7. The van der Waals surface area contributed by atoms with Crippen LogP contribution in [0.2, 0.25) is 0 Å². The fourth-order valence-electron chi connectivity index (χ4n) is 1.71. The molecule has 20 heavy (non-hydrogen) atoms. The van der Waals surface area contributed by atoms with Crippen LogP contribution in [0.15, 0.2) is 24.3 Å². The van der Waals surface area contributed by atoms with E-state index in [0.717, 1.165) is 13.1 Å². The van der Waals surface area contributed by atoms with Gasteiger partial charge in [-0.05, 0) is 30.8 Å². The average Bonchev–Trinajstić information content (AvgIpc) is 2.43. The average molecular weight is 303 g/mol. The van der Waals surface area contributed by atoms with Gasteiger partial charge in [-0.15, -0.1) is 12.4 Å². The lowest BCUT2D eigenvalue weighted by Gasteiger charge is -2.18. The summed E-state index contributed by atoms with van der Waals surface area (Å²) in [5.74, 6) is -0.628. The molecule has 0 saturated carbocycles. The van der Waals surface area contributed by atoms with Gasteiger partial charge in [0.15, 0.2) is 6.10 Å². The van der Waals surface area contributed by atoms with Crippen LogP contribution >= 0.6 is 12.4 Å². The number of nitrogens with zero attached hydrogens (tertiary/aromatic N) is 1. The van der Waals surface area contributed by atoms with E-state index in [4.69, 9.17) is 10.5 Å². The molecule has 1 rings (SSSR count). The summed E-state index contributed by atoms with van der Waals surface area (Å²) in [4.78, 5) is 13.8. The minimum Gasteiger partial charge on any atom is -0.462 e. The van der Waals surface area contributed by atoms with Gasteiger partial charge in [0.25, 0.3) is 0 Å². The maximum absolute atomic E-state index is 11.7. The van der Waals surface area contributed by atoms with Gasteiger partial charge in [-0.2, -0.15) is 0 Å². The van der Waals surface area contributed by atoms with E-state index in [0.29, 0.717) is 17.8 Å². The second kappa shape index (κ2) is 9.58. The molecule has 5 nitrogen and oxygen atoms in total. The Labute approximate surface area is 126 Å². The first-order valence-electron chi connectivity index (χ1n) is 6.51. The van der Waals surface area contributed by atoms with Crippen molar-refractivity contribution in [3.63, 3.8) is 0 Å². The summed E-state index contributed by atoms with van der Waals surface area (Å²) in [6.45, 7) is 6.88. The van der Waals surface area contributed by atoms with Crippen molar-refractivity contribution in [3.8, 4) is 0 Å². The SMILES string of the molecule is CCN(CC)CCOC(=O)C(O)c1ccc(N)cc1.Cl. The molecule has 0 radical (unpaired) electrons. The molecule has 1 atom stereocenters. The molecule has 0 aromatic heterocycles. The van der Waals surface area contributed by atoms with Crippen molar-refractivity contribution in [3.05, 3.63) is 29.8 Å². The topological polar surface area (TPSA) is 75.8 Å². The van der Waals surface area contributed by atoms with Crippen LogP contribution < -0.4 is 5.73 Å². The smallest absolute Gasteiger partial charge is 0.339 e. The van der Waals surface area contributed by atoms with Crippen molar-refractivity contribution in [2.45, 2.75) is 20.0 Å². The fraction of sp³-hybridized carbons (Fsp3) is 0.500. The Balaban J connectivity index is 0.00000361. The molecule has 3 N–H and O–H groups in total. The predicted molar refractivity (Wildman–Crippen MR) is 81.8 cm³/mol. The Bertz CT molecular complexity index is 394. The molecular formula is C14H23ClN2O3. The number of aliphatic hydroxyl groups excluding tert-OH is 1. The number of likely N-dealkylation sites (N-methyl/N-ethyl adjacent to an activating group) is 1. The molecule has 0 aliphatic carbocycles. The zero-order chi connectivity index (χ0) is 14.3. The minimum atomic E-state index is -1.25. The Morgan fingerprint density at radius 2 is 1.85 bits per heavy atom. The molecule has 1 aromatic carbocycles. The number of rotatable bonds is 7. The van der Waals surface area contributed by atoms with Gasteiger partial charge in [-0.25, -0.2) is 4.79 Å². The zero-order valence-corrected chi connectivity index (χ0v) is 12.7. The maximum Gasteiger partial charge on any atom is 0.339 e. The van der Waals surface area contributed by atoms with Crippen LogP contribution in [0.25, 0.3) is 0 Å². The van der Waals surface area contributed by atoms with Gasteiger partial charge < -0.3 is 20.5 Å². The fourth-order valence-corrected chi connectivity index (χ4v) is 1.71. The number of carbonyl (C=O) groups excluding carboxylic acids is 1. The largest absolute Gasteiger partial charge is 0.462 e. The number of nitrogens with two attached hydrogens (primary N) is 1. The summed E-state index contributed by atoms with van der Waals surface area (Å²) in [6, 6.07) is 6.51. The molecule has 0 spiro atoms. The van der Waals surface area contributed by atoms with Gasteiger partial charge in [-0.1, -0.05) is 26.0 Å². The predicted octanol–water partition coefficient (Wildman–Crippen LogP) is 1.61. The summed E-state index contributed by atoms with van der Waals surface area (Å²) in [5, 5.41) is 9.83. The first-order valence-corrected chi connectivity index (χ1v) is 6.51. The van der Waals surface area contributed by atoms with Crippen LogP contribution in [-0.4, -0.2) is 42.2 Å². The van der Waals surface area contributed by atoms with Gasteiger partial charge in [-0.3, -0.25) is 0 Å². The van der Waals surface area contributed by atoms with Crippen molar-refractivity contribution in [1.29, 1.82) is 0 Å². The van der Waals surface area contributed by atoms with Crippen molar-refractivity contribution in [2.75, 3.05) is 32.0 Å². The van der Waals surface area contributed by atoms with E-state index in [1.54, 1.807) is 24.3 Å². The molecule has 0 saturated heterocycles. The molecule has 0 fully saturated rings. The Morgan fingerprint density at radius 3 is 2.35 bits per heavy atom. The molecule has 114 valence electrons. The Hall–Kier alpha value is -1.30. The lowest BCUT2D eigenvalue weighted by molar-refractivity contribution is -0.154. The molecule has 0 bridgehead atoms. The highest BCUT2D eigenvalue weighted by Crippen LogP contribution is 2.16. The molecule has 1 unspecified atom stereocenters. The number of halogens is 1. The summed E-state index contributed by atoms with van der Waals surface area (Å²) in [6.07, 6.45) is -1.25. The van der Waals surface area contributed by atoms with E-state index < -0.39 is 12.1 Å². The van der Waals surface area contributed by atoms with Gasteiger partial charge in [0.05, 0.1) is 0 Å². The van der Waals surface area contributed by atoms with Crippen LogP contribution in [0.4, 0.5) is 5.69 Å². The summed E-state index contributed by atoms with van der Waals surface area (Å²) < 4.78 is 5.06. The summed E-state index contributed by atoms with van der Waals surface area (Å²) >= 11 is 0. The highest BCUT2D eigenvalue weighted by Gasteiger charge is 2.18. The number of hydrogen-bond donors (Lipinski definition) is 2. The van der Waals surface area contributed by atoms with Crippen molar-refractivity contribution >= 4 is 24.1 Å².